The fourth-order valence-corrected chi connectivity index (χ4v) is 6.75. The number of hydrogen-bond acceptors (Lipinski definition) is 8. The van der Waals surface area contributed by atoms with Gasteiger partial charge in [-0.1, -0.05) is 23.9 Å². The number of allylic oxidation sites excluding steroid dienone is 1. The first-order chi connectivity index (χ1) is 18.7. The predicted octanol–water partition coefficient (Wildman–Crippen LogP) is 6.46. The number of anilines is 1. The minimum Gasteiger partial charge on any atom is -0.483 e. The van der Waals surface area contributed by atoms with Gasteiger partial charge in [-0.25, -0.2) is 4.79 Å². The SMILES string of the molecule is C=CCn1c(SCC(=O)Nc2sc3c(c2C(=O)OC(C)C)CCCC3)nnc1C(C)Oc1cc(C)cc(C)c1. The Morgan fingerprint density at radius 1 is 1.15 bits per heavy atom. The zero-order valence-corrected chi connectivity index (χ0v) is 24.8. The second kappa shape index (κ2) is 12.8. The van der Waals surface area contributed by atoms with E-state index in [-0.39, 0.29) is 29.8 Å². The molecule has 1 aromatic carbocycles. The van der Waals surface area contributed by atoms with Crippen molar-refractivity contribution in [2.45, 2.75) is 84.2 Å². The molecule has 0 spiro atoms. The highest BCUT2D eigenvalue weighted by molar-refractivity contribution is 7.99. The molecule has 0 saturated carbocycles. The van der Waals surface area contributed by atoms with Crippen LogP contribution in [0.3, 0.4) is 0 Å². The van der Waals surface area contributed by atoms with Crippen molar-refractivity contribution in [3.05, 3.63) is 63.8 Å². The van der Waals surface area contributed by atoms with Crippen molar-refractivity contribution in [2.75, 3.05) is 11.1 Å². The smallest absolute Gasteiger partial charge is 0.341 e. The number of esters is 1. The second-order valence-corrected chi connectivity index (χ2v) is 12.1. The van der Waals surface area contributed by atoms with Gasteiger partial charge in [0, 0.05) is 11.4 Å². The zero-order chi connectivity index (χ0) is 28.1. The van der Waals surface area contributed by atoms with Crippen LogP contribution in [0.4, 0.5) is 5.00 Å². The lowest BCUT2D eigenvalue weighted by Crippen LogP contribution is -2.19. The number of thioether (sulfide) groups is 1. The van der Waals surface area contributed by atoms with E-state index in [1.807, 2.05) is 51.3 Å². The van der Waals surface area contributed by atoms with E-state index in [1.54, 1.807) is 6.08 Å². The number of nitrogens with zero attached hydrogens (tertiary/aromatic N) is 3. The topological polar surface area (TPSA) is 95.3 Å². The number of aromatic nitrogens is 3. The van der Waals surface area contributed by atoms with E-state index >= 15 is 0 Å². The van der Waals surface area contributed by atoms with Gasteiger partial charge in [0.15, 0.2) is 17.1 Å². The number of thiophene rings is 1. The molecule has 0 radical (unpaired) electrons. The maximum Gasteiger partial charge on any atom is 0.341 e. The van der Waals surface area contributed by atoms with Gasteiger partial charge in [0.1, 0.15) is 10.8 Å². The molecule has 39 heavy (non-hydrogen) atoms. The molecule has 208 valence electrons. The summed E-state index contributed by atoms with van der Waals surface area (Å²) in [5.74, 6) is 0.948. The Morgan fingerprint density at radius 3 is 2.56 bits per heavy atom. The molecule has 0 bridgehead atoms. The standard InChI is InChI=1S/C29H36N4O4S2/c1-7-12-33-26(20(6)37-21-14-18(4)13-19(5)15-21)31-32-29(33)38-16-24(34)30-27-25(28(35)36-17(2)3)22-10-8-9-11-23(22)39-27/h7,13-15,17,20H,1,8-12,16H2,2-6H3,(H,30,34). The fraction of sp³-hybridized carbons (Fsp3) is 0.448. The van der Waals surface area contributed by atoms with Crippen LogP contribution in [-0.4, -0.2) is 38.5 Å². The Hall–Kier alpha value is -3.11. The van der Waals surface area contributed by atoms with Gasteiger partial charge in [-0.3, -0.25) is 9.36 Å². The highest BCUT2D eigenvalue weighted by atomic mass is 32.2. The molecule has 10 heteroatoms. The van der Waals surface area contributed by atoms with Crippen LogP contribution in [0.2, 0.25) is 0 Å². The maximum absolute atomic E-state index is 13.0. The van der Waals surface area contributed by atoms with E-state index in [1.165, 1.54) is 23.1 Å². The number of hydrogen-bond donors (Lipinski definition) is 1. The number of carbonyl (C=O) groups is 2. The van der Waals surface area contributed by atoms with Crippen LogP contribution in [0.5, 0.6) is 5.75 Å². The maximum atomic E-state index is 13.0. The molecule has 1 aliphatic carbocycles. The number of aryl methyl sites for hydroxylation is 3. The Morgan fingerprint density at radius 2 is 1.87 bits per heavy atom. The fourth-order valence-electron chi connectivity index (χ4n) is 4.70. The first-order valence-corrected chi connectivity index (χ1v) is 15.0. The summed E-state index contributed by atoms with van der Waals surface area (Å²) in [6, 6.07) is 6.08. The van der Waals surface area contributed by atoms with Crippen molar-refractivity contribution in [1.82, 2.24) is 14.8 Å². The lowest BCUT2D eigenvalue weighted by Gasteiger charge is -2.16. The average Bonchev–Trinajstić information content (AvgIpc) is 3.42. The van der Waals surface area contributed by atoms with Crippen molar-refractivity contribution < 1.29 is 19.1 Å². The van der Waals surface area contributed by atoms with Crippen molar-refractivity contribution in [2.24, 2.45) is 0 Å². The number of nitrogens with one attached hydrogen (secondary N) is 1. The highest BCUT2D eigenvalue weighted by Crippen LogP contribution is 2.39. The van der Waals surface area contributed by atoms with Gasteiger partial charge >= 0.3 is 5.97 Å². The lowest BCUT2D eigenvalue weighted by molar-refractivity contribution is -0.113. The van der Waals surface area contributed by atoms with E-state index in [9.17, 15) is 9.59 Å². The van der Waals surface area contributed by atoms with Gasteiger partial charge in [-0.15, -0.1) is 28.1 Å². The zero-order valence-electron chi connectivity index (χ0n) is 23.2. The summed E-state index contributed by atoms with van der Waals surface area (Å²) >= 11 is 2.77. The normalized spacial score (nSPS) is 13.6. The first kappa shape index (κ1) is 28.9. The molecule has 1 amide bonds. The molecule has 0 saturated heterocycles. The summed E-state index contributed by atoms with van der Waals surface area (Å²) < 4.78 is 13.6. The summed E-state index contributed by atoms with van der Waals surface area (Å²) in [7, 11) is 0. The Labute approximate surface area is 238 Å². The predicted molar refractivity (Wildman–Crippen MR) is 156 cm³/mol. The first-order valence-electron chi connectivity index (χ1n) is 13.2. The van der Waals surface area contributed by atoms with Crippen LogP contribution in [-0.2, 0) is 28.9 Å². The lowest BCUT2D eigenvalue weighted by atomic mass is 9.95. The molecule has 4 rings (SSSR count). The molecule has 2 aromatic heterocycles. The molecule has 1 N–H and O–H groups in total. The molecule has 1 unspecified atom stereocenters. The molecule has 0 aliphatic heterocycles. The highest BCUT2D eigenvalue weighted by Gasteiger charge is 2.28. The molecule has 2 heterocycles. The number of ether oxygens (including phenoxy) is 2. The Balaban J connectivity index is 1.47. The van der Waals surface area contributed by atoms with Crippen LogP contribution in [0, 0.1) is 13.8 Å². The Bertz CT molecular complexity index is 1340. The summed E-state index contributed by atoms with van der Waals surface area (Å²) in [6.45, 7) is 14.0. The minimum absolute atomic E-state index is 0.114. The van der Waals surface area contributed by atoms with Crippen LogP contribution < -0.4 is 10.1 Å². The van der Waals surface area contributed by atoms with Crippen molar-refractivity contribution in [1.29, 1.82) is 0 Å². The van der Waals surface area contributed by atoms with Crippen molar-refractivity contribution >= 4 is 40.0 Å². The van der Waals surface area contributed by atoms with Crippen LogP contribution >= 0.6 is 23.1 Å². The van der Waals surface area contributed by atoms with Crippen LogP contribution in [0.25, 0.3) is 0 Å². The quantitative estimate of drug-likeness (QED) is 0.161. The molecular weight excluding hydrogens is 532 g/mol. The van der Waals surface area contributed by atoms with Gasteiger partial charge in [-0.2, -0.15) is 0 Å². The largest absolute Gasteiger partial charge is 0.483 e. The van der Waals surface area contributed by atoms with Crippen molar-refractivity contribution in [3.63, 3.8) is 0 Å². The third kappa shape index (κ3) is 7.10. The second-order valence-electron chi connectivity index (χ2n) is 10.0. The number of rotatable bonds is 11. The van der Waals surface area contributed by atoms with Gasteiger partial charge in [0.25, 0.3) is 0 Å². The third-order valence-corrected chi connectivity index (χ3v) is 8.41. The number of amides is 1. The van der Waals surface area contributed by atoms with Crippen LogP contribution in [0.15, 0.2) is 36.0 Å². The van der Waals surface area contributed by atoms with Crippen LogP contribution in [0.1, 0.15) is 77.5 Å². The monoisotopic (exact) mass is 568 g/mol. The molecule has 3 aromatic rings. The van der Waals surface area contributed by atoms with E-state index in [0.29, 0.717) is 28.1 Å². The molecule has 1 atom stereocenters. The van der Waals surface area contributed by atoms with E-state index in [2.05, 4.69) is 28.2 Å². The summed E-state index contributed by atoms with van der Waals surface area (Å²) in [4.78, 5) is 27.1. The van der Waals surface area contributed by atoms with E-state index in [0.717, 1.165) is 53.0 Å². The van der Waals surface area contributed by atoms with E-state index < -0.39 is 0 Å². The summed E-state index contributed by atoms with van der Waals surface area (Å²) in [5, 5.41) is 12.9. The summed E-state index contributed by atoms with van der Waals surface area (Å²) in [5.41, 5.74) is 3.78. The van der Waals surface area contributed by atoms with Gasteiger partial charge < -0.3 is 14.8 Å². The molecule has 0 fully saturated rings. The number of benzene rings is 1. The average molecular weight is 569 g/mol. The van der Waals surface area contributed by atoms with Gasteiger partial charge in [0.05, 0.1) is 17.4 Å². The minimum atomic E-state index is -0.375. The molecular formula is C29H36N4O4S2. The molecule has 8 nitrogen and oxygen atoms in total. The third-order valence-electron chi connectivity index (χ3n) is 6.23. The van der Waals surface area contributed by atoms with E-state index in [4.69, 9.17) is 9.47 Å². The number of carbonyl (C=O) groups excluding carboxylic acids is 2. The van der Waals surface area contributed by atoms with Crippen molar-refractivity contribution in [3.8, 4) is 5.75 Å². The summed E-state index contributed by atoms with van der Waals surface area (Å²) in [6.07, 6.45) is 5.04. The van der Waals surface area contributed by atoms with Gasteiger partial charge in [0.2, 0.25) is 5.91 Å². The molecule has 1 aliphatic rings. The van der Waals surface area contributed by atoms with Gasteiger partial charge in [-0.05, 0) is 89.1 Å². The number of fused-ring (bicyclic) bond motifs is 1. The Kier molecular flexibility index (Phi) is 9.50.